The molecule has 3 N–H and O–H groups in total. The fourth-order valence-corrected chi connectivity index (χ4v) is 4.21. The normalized spacial score (nSPS) is 19.1. The zero-order chi connectivity index (χ0) is 21.1. The zero-order valence-electron chi connectivity index (χ0n) is 17.2. The van der Waals surface area contributed by atoms with Crippen LogP contribution in [0.25, 0.3) is 0 Å². The van der Waals surface area contributed by atoms with Crippen molar-refractivity contribution in [2.45, 2.75) is 39.2 Å². The van der Waals surface area contributed by atoms with Crippen LogP contribution < -0.4 is 16.0 Å². The van der Waals surface area contributed by atoms with Gasteiger partial charge in [-0.25, -0.2) is 9.97 Å². The summed E-state index contributed by atoms with van der Waals surface area (Å²) in [4.78, 5) is 36.7. The van der Waals surface area contributed by atoms with Crippen molar-refractivity contribution in [2.75, 3.05) is 30.9 Å². The summed E-state index contributed by atoms with van der Waals surface area (Å²) in [6.07, 6.45) is 4.04. The van der Waals surface area contributed by atoms with Crippen LogP contribution in [-0.4, -0.2) is 57.7 Å². The molecule has 2 amide bonds. The van der Waals surface area contributed by atoms with Crippen LogP contribution in [0.3, 0.4) is 0 Å². The van der Waals surface area contributed by atoms with E-state index in [4.69, 9.17) is 5.73 Å². The quantitative estimate of drug-likeness (QED) is 0.739. The van der Waals surface area contributed by atoms with Gasteiger partial charge in [-0.15, -0.1) is 0 Å². The first-order chi connectivity index (χ1) is 13.8. The van der Waals surface area contributed by atoms with Gasteiger partial charge in [0, 0.05) is 33.1 Å². The van der Waals surface area contributed by atoms with Crippen LogP contribution in [0.1, 0.15) is 42.4 Å². The average Bonchev–Trinajstić information content (AvgIpc) is 3.07. The molecule has 0 aromatic carbocycles. The predicted octanol–water partition coefficient (Wildman–Crippen LogP) is 2.17. The molecule has 1 aliphatic rings. The van der Waals surface area contributed by atoms with E-state index in [0.717, 1.165) is 30.1 Å². The third-order valence-electron chi connectivity index (χ3n) is 5.24. The van der Waals surface area contributed by atoms with Crippen molar-refractivity contribution in [1.29, 1.82) is 0 Å². The van der Waals surface area contributed by atoms with Crippen LogP contribution in [0.15, 0.2) is 12.3 Å². The number of piperidine rings is 1. The van der Waals surface area contributed by atoms with E-state index in [-0.39, 0.29) is 23.6 Å². The smallest absolute Gasteiger partial charge is 0.271 e. The van der Waals surface area contributed by atoms with Crippen LogP contribution in [0.4, 0.5) is 16.6 Å². The highest BCUT2D eigenvalue weighted by atomic mass is 32.1. The Balaban J connectivity index is 1.86. The Morgan fingerprint density at radius 3 is 2.79 bits per heavy atom. The molecule has 0 bridgehead atoms. The molecule has 29 heavy (non-hydrogen) atoms. The van der Waals surface area contributed by atoms with Crippen molar-refractivity contribution in [3.63, 3.8) is 0 Å². The van der Waals surface area contributed by atoms with Crippen LogP contribution in [0, 0.1) is 12.8 Å². The molecular formula is C19H27N7O2S. The summed E-state index contributed by atoms with van der Waals surface area (Å²) in [5.74, 6) is 0.693. The number of anilines is 3. The first-order valence-corrected chi connectivity index (χ1v) is 10.4. The van der Waals surface area contributed by atoms with Crippen LogP contribution in [-0.2, 0) is 4.79 Å². The van der Waals surface area contributed by atoms with Gasteiger partial charge in [0.05, 0.1) is 11.9 Å². The number of rotatable bonds is 6. The Morgan fingerprint density at radius 1 is 1.41 bits per heavy atom. The Hall–Kier alpha value is -2.75. The van der Waals surface area contributed by atoms with Gasteiger partial charge in [-0.1, -0.05) is 0 Å². The monoisotopic (exact) mass is 417 g/mol. The van der Waals surface area contributed by atoms with E-state index >= 15 is 0 Å². The number of nitrogens with one attached hydrogen (secondary N) is 1. The summed E-state index contributed by atoms with van der Waals surface area (Å²) in [7, 11) is 3.56. The van der Waals surface area contributed by atoms with Gasteiger partial charge >= 0.3 is 0 Å². The van der Waals surface area contributed by atoms with Gasteiger partial charge in [0.2, 0.25) is 5.91 Å². The number of primary amides is 1. The van der Waals surface area contributed by atoms with E-state index in [1.165, 1.54) is 11.5 Å². The summed E-state index contributed by atoms with van der Waals surface area (Å²) in [5, 5.41) is 3.88. The molecule has 0 spiro atoms. The maximum atomic E-state index is 12.2. The lowest BCUT2D eigenvalue weighted by Gasteiger charge is -2.40. The summed E-state index contributed by atoms with van der Waals surface area (Å²) >= 11 is 1.28. The number of nitrogens with two attached hydrogens (primary N) is 1. The lowest BCUT2D eigenvalue weighted by Crippen LogP contribution is -2.45. The number of aromatic nitrogens is 3. The second-order valence-electron chi connectivity index (χ2n) is 7.58. The molecule has 2 aromatic rings. The summed E-state index contributed by atoms with van der Waals surface area (Å²) in [6, 6.07) is 2.00. The molecule has 3 heterocycles. The lowest BCUT2D eigenvalue weighted by molar-refractivity contribution is -0.130. The minimum Gasteiger partial charge on any atom is -0.364 e. The van der Waals surface area contributed by atoms with Crippen molar-refractivity contribution >= 4 is 40.0 Å². The third kappa shape index (κ3) is 4.81. The molecule has 0 saturated carbocycles. The fourth-order valence-electron chi connectivity index (χ4n) is 3.55. The van der Waals surface area contributed by atoms with Gasteiger partial charge in [-0.2, -0.15) is 4.37 Å². The molecule has 1 aliphatic heterocycles. The molecule has 2 aromatic heterocycles. The van der Waals surface area contributed by atoms with Crippen molar-refractivity contribution < 1.29 is 9.59 Å². The highest BCUT2D eigenvalue weighted by Crippen LogP contribution is 2.31. The predicted molar refractivity (Wildman–Crippen MR) is 114 cm³/mol. The number of hydrogen-bond donors (Lipinski definition) is 2. The van der Waals surface area contributed by atoms with Crippen LogP contribution in [0.5, 0.6) is 0 Å². The minimum absolute atomic E-state index is 0.0869. The molecule has 0 unspecified atom stereocenters. The Labute approximate surface area is 174 Å². The number of carbonyl (C=O) groups excluding carboxylic acids is 2. The summed E-state index contributed by atoms with van der Waals surface area (Å²) in [5.41, 5.74) is 6.45. The number of amides is 2. The maximum absolute atomic E-state index is 12.2. The van der Waals surface area contributed by atoms with E-state index in [1.807, 2.05) is 13.0 Å². The Bertz CT molecular complexity index is 898. The molecule has 2 atom stereocenters. The topological polar surface area (TPSA) is 117 Å². The molecule has 1 fully saturated rings. The molecule has 0 radical (unpaired) electrons. The molecule has 156 valence electrons. The molecular weight excluding hydrogens is 390 g/mol. The van der Waals surface area contributed by atoms with Gasteiger partial charge in [-0.3, -0.25) is 9.59 Å². The Morgan fingerprint density at radius 2 is 2.17 bits per heavy atom. The van der Waals surface area contributed by atoms with Gasteiger partial charge in [0.15, 0.2) is 11.5 Å². The maximum Gasteiger partial charge on any atom is 0.271 e. The Kier molecular flexibility index (Phi) is 6.31. The third-order valence-corrected chi connectivity index (χ3v) is 6.04. The largest absolute Gasteiger partial charge is 0.364 e. The van der Waals surface area contributed by atoms with Gasteiger partial charge < -0.3 is 20.9 Å². The molecule has 10 heteroatoms. The van der Waals surface area contributed by atoms with E-state index < -0.39 is 5.91 Å². The van der Waals surface area contributed by atoms with Crippen molar-refractivity contribution in [1.82, 2.24) is 19.2 Å². The van der Waals surface area contributed by atoms with Crippen LogP contribution >= 0.6 is 11.5 Å². The standard InChI is InChI=1S/C19H27N7O2S/c1-11-8-15(29-24-11)23-19-17(18(20)28)21-10-14(22-19)26-7-5-6-13(12(26)2)9-16(27)25(3)4/h8,10,12-13H,5-7,9H2,1-4H3,(H2,20,28)(H,22,23)/t12-,13+/m1/s1. The van der Waals surface area contributed by atoms with E-state index in [1.54, 1.807) is 25.2 Å². The summed E-state index contributed by atoms with van der Waals surface area (Å²) in [6.45, 7) is 4.82. The van der Waals surface area contributed by atoms with E-state index in [9.17, 15) is 9.59 Å². The highest BCUT2D eigenvalue weighted by molar-refractivity contribution is 7.10. The van der Waals surface area contributed by atoms with Crippen molar-refractivity contribution in [3.05, 3.63) is 23.7 Å². The minimum atomic E-state index is -0.645. The second-order valence-corrected chi connectivity index (χ2v) is 8.38. The van der Waals surface area contributed by atoms with Crippen molar-refractivity contribution in [3.8, 4) is 0 Å². The summed E-state index contributed by atoms with van der Waals surface area (Å²) < 4.78 is 4.23. The molecule has 3 rings (SSSR count). The lowest BCUT2D eigenvalue weighted by atomic mass is 9.87. The van der Waals surface area contributed by atoms with Gasteiger partial charge in [0.1, 0.15) is 10.8 Å². The zero-order valence-corrected chi connectivity index (χ0v) is 18.0. The SMILES string of the molecule is Cc1cc(Nc2nc(N3CCC[C@@H](CC(=O)N(C)C)[C@H]3C)cnc2C(N)=O)sn1. The molecule has 0 aliphatic carbocycles. The number of carbonyl (C=O) groups is 2. The number of aryl methyl sites for hydroxylation is 1. The second kappa shape index (κ2) is 8.73. The van der Waals surface area contributed by atoms with E-state index in [0.29, 0.717) is 18.1 Å². The average molecular weight is 418 g/mol. The van der Waals surface area contributed by atoms with Gasteiger partial charge in [-0.05, 0) is 50.2 Å². The van der Waals surface area contributed by atoms with Crippen molar-refractivity contribution in [2.24, 2.45) is 11.7 Å². The van der Waals surface area contributed by atoms with E-state index in [2.05, 4.69) is 31.5 Å². The molecule has 1 saturated heterocycles. The first kappa shape index (κ1) is 21.0. The number of hydrogen-bond acceptors (Lipinski definition) is 8. The fraction of sp³-hybridized carbons (Fsp3) is 0.526. The van der Waals surface area contributed by atoms with Gasteiger partial charge in [0.25, 0.3) is 5.91 Å². The van der Waals surface area contributed by atoms with Crippen LogP contribution in [0.2, 0.25) is 0 Å². The molecule has 9 nitrogen and oxygen atoms in total. The number of nitrogens with zero attached hydrogens (tertiary/aromatic N) is 5. The highest BCUT2D eigenvalue weighted by Gasteiger charge is 2.31. The first-order valence-electron chi connectivity index (χ1n) is 9.60.